The predicted molar refractivity (Wildman–Crippen MR) is 80.7 cm³/mol. The van der Waals surface area contributed by atoms with Gasteiger partial charge in [-0.25, -0.2) is 0 Å². The summed E-state index contributed by atoms with van der Waals surface area (Å²) in [6.07, 6.45) is 1.15. The van der Waals surface area contributed by atoms with Crippen molar-refractivity contribution in [2.24, 2.45) is 0 Å². The van der Waals surface area contributed by atoms with Crippen LogP contribution in [-0.4, -0.2) is 23.8 Å². The van der Waals surface area contributed by atoms with Crippen LogP contribution in [0.1, 0.15) is 19.4 Å². The lowest BCUT2D eigenvalue weighted by Gasteiger charge is -2.13. The summed E-state index contributed by atoms with van der Waals surface area (Å²) in [6.45, 7) is 3.44. The van der Waals surface area contributed by atoms with Crippen LogP contribution in [0, 0.1) is 11.3 Å². The van der Waals surface area contributed by atoms with Gasteiger partial charge in [-0.3, -0.25) is 9.59 Å². The van der Waals surface area contributed by atoms with Crippen LogP contribution in [0.4, 0.5) is 0 Å². The normalized spacial score (nSPS) is 10.5. The Morgan fingerprint density at radius 2 is 2.14 bits per heavy atom. The van der Waals surface area contributed by atoms with Gasteiger partial charge in [-0.1, -0.05) is 0 Å². The Morgan fingerprint density at radius 3 is 2.73 bits per heavy atom. The Hall–Kier alpha value is -2.81. The molecule has 0 radical (unpaired) electrons. The van der Waals surface area contributed by atoms with Crippen molar-refractivity contribution in [3.63, 3.8) is 0 Å². The second kappa shape index (κ2) is 6.31. The van der Waals surface area contributed by atoms with Gasteiger partial charge in [-0.05, 0) is 32.0 Å². The largest absolute Gasteiger partial charge is 0.497 e. The minimum atomic E-state index is -0.431. The maximum absolute atomic E-state index is 12.2. The van der Waals surface area contributed by atoms with E-state index in [1.807, 2.05) is 6.07 Å². The molecule has 114 valence electrons. The first kappa shape index (κ1) is 15.6. The Morgan fingerprint density at radius 1 is 1.41 bits per heavy atom. The maximum atomic E-state index is 12.2. The third kappa shape index (κ3) is 3.09. The molecule has 0 aliphatic carbocycles. The summed E-state index contributed by atoms with van der Waals surface area (Å²) in [5.41, 5.74) is 0.133. The molecule has 6 nitrogen and oxygen atoms in total. The molecule has 0 spiro atoms. The summed E-state index contributed by atoms with van der Waals surface area (Å²) in [5, 5.41) is 9.43. The lowest BCUT2D eigenvalue weighted by atomic mass is 10.1. The fourth-order valence-electron chi connectivity index (χ4n) is 2.15. The van der Waals surface area contributed by atoms with Crippen LogP contribution in [0.15, 0.2) is 29.2 Å². The predicted octanol–water partition coefficient (Wildman–Crippen LogP) is 1.83. The van der Waals surface area contributed by atoms with E-state index in [0.29, 0.717) is 16.7 Å². The molecule has 1 aromatic carbocycles. The number of nitrogens with zero attached hydrogens (tertiary/aromatic N) is 2. The molecule has 0 aliphatic rings. The molecule has 0 unspecified atom stereocenters. The first-order valence-electron chi connectivity index (χ1n) is 6.77. The lowest BCUT2D eigenvalue weighted by Crippen LogP contribution is -2.20. The summed E-state index contributed by atoms with van der Waals surface area (Å²) >= 11 is 0. The van der Waals surface area contributed by atoms with E-state index in [1.54, 1.807) is 36.6 Å². The van der Waals surface area contributed by atoms with Crippen LogP contribution in [0.5, 0.6) is 5.75 Å². The molecular weight excluding hydrogens is 284 g/mol. The number of benzene rings is 1. The number of carbonyl (C=O) groups excluding carboxylic acids is 1. The number of nitriles is 1. The minimum Gasteiger partial charge on any atom is -0.497 e. The highest BCUT2D eigenvalue weighted by atomic mass is 16.5. The van der Waals surface area contributed by atoms with E-state index in [9.17, 15) is 9.59 Å². The summed E-state index contributed by atoms with van der Waals surface area (Å²) in [5.74, 6) is 0.0793. The van der Waals surface area contributed by atoms with Crippen LogP contribution in [0.2, 0.25) is 0 Å². The van der Waals surface area contributed by atoms with Gasteiger partial charge in [0.15, 0.2) is 0 Å². The van der Waals surface area contributed by atoms with Crippen molar-refractivity contribution in [2.45, 2.75) is 26.5 Å². The number of fused-ring (bicyclic) bond motifs is 1. The zero-order chi connectivity index (χ0) is 16.3. The molecule has 0 amide bonds. The molecule has 0 aliphatic heterocycles. The first-order valence-corrected chi connectivity index (χ1v) is 6.77. The summed E-state index contributed by atoms with van der Waals surface area (Å²) in [4.78, 5) is 24.1. The van der Waals surface area contributed by atoms with Gasteiger partial charge in [0.1, 0.15) is 23.9 Å². The monoisotopic (exact) mass is 300 g/mol. The van der Waals surface area contributed by atoms with Gasteiger partial charge in [0.25, 0.3) is 0 Å². The maximum Gasteiger partial charge on any atom is 0.326 e. The summed E-state index contributed by atoms with van der Waals surface area (Å²) in [6, 6.07) is 6.78. The quantitative estimate of drug-likeness (QED) is 0.805. The molecule has 0 bridgehead atoms. The zero-order valence-electron chi connectivity index (χ0n) is 12.6. The van der Waals surface area contributed by atoms with E-state index in [1.165, 1.54) is 13.3 Å². The lowest BCUT2D eigenvalue weighted by molar-refractivity contribution is -0.148. The highest BCUT2D eigenvalue weighted by molar-refractivity contribution is 5.83. The van der Waals surface area contributed by atoms with Crippen molar-refractivity contribution in [2.75, 3.05) is 7.11 Å². The molecule has 2 rings (SSSR count). The zero-order valence-corrected chi connectivity index (χ0v) is 12.6. The summed E-state index contributed by atoms with van der Waals surface area (Å²) in [7, 11) is 1.49. The van der Waals surface area contributed by atoms with E-state index in [2.05, 4.69) is 0 Å². The standard InChI is InChI=1S/C16H16N2O4/c1-10(2)22-15(19)9-18-8-11(7-17)16(20)13-6-12(21-3)4-5-14(13)18/h4-6,8,10H,9H2,1-3H3. The number of hydrogen-bond donors (Lipinski definition) is 0. The van der Waals surface area contributed by atoms with Gasteiger partial charge >= 0.3 is 5.97 Å². The average molecular weight is 300 g/mol. The van der Waals surface area contributed by atoms with E-state index >= 15 is 0 Å². The molecule has 0 fully saturated rings. The molecule has 2 aromatic rings. The fourth-order valence-corrected chi connectivity index (χ4v) is 2.15. The Bertz CT molecular complexity index is 815. The van der Waals surface area contributed by atoms with E-state index < -0.39 is 5.97 Å². The van der Waals surface area contributed by atoms with Crippen molar-refractivity contribution in [3.8, 4) is 11.8 Å². The van der Waals surface area contributed by atoms with Crippen molar-refractivity contribution in [3.05, 3.63) is 40.2 Å². The summed E-state index contributed by atoms with van der Waals surface area (Å²) < 4.78 is 11.7. The minimum absolute atomic E-state index is 0.0295. The molecule has 0 saturated heterocycles. The van der Waals surface area contributed by atoms with Crippen LogP contribution >= 0.6 is 0 Å². The van der Waals surface area contributed by atoms with Crippen molar-refractivity contribution in [1.29, 1.82) is 5.26 Å². The van der Waals surface area contributed by atoms with E-state index in [0.717, 1.165) is 0 Å². The smallest absolute Gasteiger partial charge is 0.326 e. The number of esters is 1. The van der Waals surface area contributed by atoms with Crippen molar-refractivity contribution < 1.29 is 14.3 Å². The first-order chi connectivity index (χ1) is 10.5. The van der Waals surface area contributed by atoms with Gasteiger partial charge in [-0.15, -0.1) is 0 Å². The molecule has 6 heteroatoms. The highest BCUT2D eigenvalue weighted by Gasteiger charge is 2.13. The van der Waals surface area contributed by atoms with E-state index in [-0.39, 0.29) is 23.6 Å². The third-order valence-electron chi connectivity index (χ3n) is 3.07. The third-order valence-corrected chi connectivity index (χ3v) is 3.07. The molecule has 22 heavy (non-hydrogen) atoms. The van der Waals surface area contributed by atoms with Crippen LogP contribution < -0.4 is 10.2 Å². The fraction of sp³-hybridized carbons (Fsp3) is 0.312. The van der Waals surface area contributed by atoms with Gasteiger partial charge in [0, 0.05) is 6.20 Å². The molecular formula is C16H16N2O4. The molecule has 0 saturated carbocycles. The number of methoxy groups -OCH3 is 1. The second-order valence-corrected chi connectivity index (χ2v) is 5.03. The Kier molecular flexibility index (Phi) is 4.47. The topological polar surface area (TPSA) is 81.3 Å². The van der Waals surface area contributed by atoms with Crippen LogP contribution in [-0.2, 0) is 16.1 Å². The second-order valence-electron chi connectivity index (χ2n) is 5.03. The van der Waals surface area contributed by atoms with Gasteiger partial charge in [0.05, 0.1) is 24.1 Å². The van der Waals surface area contributed by atoms with Crippen molar-refractivity contribution >= 4 is 16.9 Å². The van der Waals surface area contributed by atoms with Crippen LogP contribution in [0.3, 0.4) is 0 Å². The number of aromatic nitrogens is 1. The Balaban J connectivity index is 2.59. The van der Waals surface area contributed by atoms with Crippen LogP contribution in [0.25, 0.3) is 10.9 Å². The number of hydrogen-bond acceptors (Lipinski definition) is 5. The van der Waals surface area contributed by atoms with Gasteiger partial charge in [0.2, 0.25) is 5.43 Å². The highest BCUT2D eigenvalue weighted by Crippen LogP contribution is 2.19. The number of rotatable bonds is 4. The van der Waals surface area contributed by atoms with Gasteiger partial charge in [-0.2, -0.15) is 5.26 Å². The Labute approximate surface area is 127 Å². The number of ether oxygens (including phenoxy) is 2. The molecule has 0 N–H and O–H groups in total. The SMILES string of the molecule is COc1ccc2c(c1)c(=O)c(C#N)cn2CC(=O)OC(C)C. The number of carbonyl (C=O) groups is 1. The van der Waals surface area contributed by atoms with Crippen molar-refractivity contribution in [1.82, 2.24) is 4.57 Å². The molecule has 1 aromatic heterocycles. The molecule has 0 atom stereocenters. The average Bonchev–Trinajstić information content (AvgIpc) is 2.48. The van der Waals surface area contributed by atoms with Gasteiger partial charge < -0.3 is 14.0 Å². The van der Waals surface area contributed by atoms with E-state index in [4.69, 9.17) is 14.7 Å². The number of pyridine rings is 1. The molecule has 1 heterocycles.